The van der Waals surface area contributed by atoms with Crippen LogP contribution in [0.4, 0.5) is 0 Å². The standard InChI is InChI=1S/C13H17BrN4/c1-17-8-3-2-5-10(17)9-12-15-13-7-4-6-11(14)18(13)16-12/h4,6-7,10H,2-3,5,8-9H2,1H3. The second kappa shape index (κ2) is 4.97. The van der Waals surface area contributed by atoms with Gasteiger partial charge in [0.25, 0.3) is 0 Å². The van der Waals surface area contributed by atoms with Crippen LogP contribution in [0, 0.1) is 0 Å². The highest BCUT2D eigenvalue weighted by atomic mass is 79.9. The van der Waals surface area contributed by atoms with Crippen LogP contribution in [0.1, 0.15) is 25.1 Å². The van der Waals surface area contributed by atoms with Gasteiger partial charge < -0.3 is 4.90 Å². The minimum atomic E-state index is 0.593. The zero-order chi connectivity index (χ0) is 12.5. The molecule has 0 radical (unpaired) electrons. The Hall–Kier alpha value is -0.940. The Morgan fingerprint density at radius 1 is 1.39 bits per heavy atom. The average molecular weight is 309 g/mol. The van der Waals surface area contributed by atoms with E-state index in [1.54, 1.807) is 0 Å². The summed E-state index contributed by atoms with van der Waals surface area (Å²) in [7, 11) is 2.20. The van der Waals surface area contributed by atoms with Gasteiger partial charge in [0.1, 0.15) is 4.60 Å². The van der Waals surface area contributed by atoms with Crippen molar-refractivity contribution in [2.45, 2.75) is 31.7 Å². The molecule has 0 amide bonds. The third-order valence-electron chi connectivity index (χ3n) is 3.70. The summed E-state index contributed by atoms with van der Waals surface area (Å²) in [4.78, 5) is 7.03. The van der Waals surface area contributed by atoms with Crippen LogP contribution < -0.4 is 0 Å². The van der Waals surface area contributed by atoms with Crippen LogP contribution in [0.25, 0.3) is 5.65 Å². The lowest BCUT2D eigenvalue weighted by Gasteiger charge is -2.31. The molecule has 0 N–H and O–H groups in total. The molecule has 18 heavy (non-hydrogen) atoms. The number of fused-ring (bicyclic) bond motifs is 1. The second-order valence-corrected chi connectivity index (χ2v) is 5.79. The molecular formula is C13H17BrN4. The molecule has 1 atom stereocenters. The van der Waals surface area contributed by atoms with Gasteiger partial charge in [-0.15, -0.1) is 0 Å². The Bertz CT molecular complexity index is 551. The van der Waals surface area contributed by atoms with Crippen LogP contribution >= 0.6 is 15.9 Å². The van der Waals surface area contributed by atoms with Gasteiger partial charge >= 0.3 is 0 Å². The van der Waals surface area contributed by atoms with E-state index in [4.69, 9.17) is 0 Å². The van der Waals surface area contributed by atoms with Gasteiger partial charge in [-0.1, -0.05) is 12.5 Å². The lowest BCUT2D eigenvalue weighted by Crippen LogP contribution is -2.37. The van der Waals surface area contributed by atoms with Crippen LogP contribution in [0.2, 0.25) is 0 Å². The van der Waals surface area contributed by atoms with Crippen molar-refractivity contribution in [3.63, 3.8) is 0 Å². The highest BCUT2D eigenvalue weighted by Crippen LogP contribution is 2.19. The molecule has 5 heteroatoms. The molecule has 0 aliphatic carbocycles. The molecule has 3 rings (SSSR count). The molecule has 1 saturated heterocycles. The Kier molecular flexibility index (Phi) is 3.35. The number of halogens is 1. The largest absolute Gasteiger partial charge is 0.303 e. The first-order chi connectivity index (χ1) is 8.74. The lowest BCUT2D eigenvalue weighted by molar-refractivity contribution is 0.182. The van der Waals surface area contributed by atoms with Gasteiger partial charge in [-0.3, -0.25) is 0 Å². The summed E-state index contributed by atoms with van der Waals surface area (Å²) >= 11 is 3.50. The summed E-state index contributed by atoms with van der Waals surface area (Å²) in [6, 6.07) is 6.56. The Balaban J connectivity index is 1.84. The first-order valence-electron chi connectivity index (χ1n) is 6.44. The molecule has 0 bridgehead atoms. The summed E-state index contributed by atoms with van der Waals surface area (Å²) in [5.41, 5.74) is 0.915. The van der Waals surface area contributed by atoms with Crippen molar-refractivity contribution in [2.24, 2.45) is 0 Å². The van der Waals surface area contributed by atoms with E-state index >= 15 is 0 Å². The van der Waals surface area contributed by atoms with Gasteiger partial charge in [-0.2, -0.15) is 5.10 Å². The SMILES string of the molecule is CN1CCCCC1Cc1nc2cccc(Br)n2n1. The number of pyridine rings is 1. The van der Waals surface area contributed by atoms with Crippen molar-refractivity contribution in [1.29, 1.82) is 0 Å². The van der Waals surface area contributed by atoms with Crippen molar-refractivity contribution in [1.82, 2.24) is 19.5 Å². The third-order valence-corrected chi connectivity index (χ3v) is 4.30. The maximum absolute atomic E-state index is 4.60. The van der Waals surface area contributed by atoms with Gasteiger partial charge in [-0.25, -0.2) is 9.50 Å². The average Bonchev–Trinajstić information content (AvgIpc) is 2.76. The van der Waals surface area contributed by atoms with Crippen molar-refractivity contribution in [3.8, 4) is 0 Å². The second-order valence-electron chi connectivity index (χ2n) is 4.98. The van der Waals surface area contributed by atoms with Gasteiger partial charge in [0.2, 0.25) is 0 Å². The number of hydrogen-bond acceptors (Lipinski definition) is 3. The molecule has 2 aromatic heterocycles. The fourth-order valence-electron chi connectivity index (χ4n) is 2.62. The van der Waals surface area contributed by atoms with Crippen LogP contribution in [0.3, 0.4) is 0 Å². The third kappa shape index (κ3) is 2.29. The van der Waals surface area contributed by atoms with Crippen molar-refractivity contribution < 1.29 is 0 Å². The first kappa shape index (κ1) is 12.1. The molecule has 1 unspecified atom stereocenters. The fourth-order valence-corrected chi connectivity index (χ4v) is 3.03. The number of hydrogen-bond donors (Lipinski definition) is 0. The quantitative estimate of drug-likeness (QED) is 0.799. The molecule has 3 heterocycles. The van der Waals surface area contributed by atoms with E-state index in [0.717, 1.165) is 22.5 Å². The Morgan fingerprint density at radius 3 is 3.06 bits per heavy atom. The number of likely N-dealkylation sites (tertiary alicyclic amines) is 1. The predicted octanol–water partition coefficient (Wildman–Crippen LogP) is 2.52. The zero-order valence-electron chi connectivity index (χ0n) is 10.5. The Morgan fingerprint density at radius 2 is 2.28 bits per heavy atom. The number of aromatic nitrogens is 3. The molecule has 0 saturated carbocycles. The normalized spacial score (nSPS) is 21.6. The maximum Gasteiger partial charge on any atom is 0.156 e. The van der Waals surface area contributed by atoms with Crippen LogP contribution in [-0.4, -0.2) is 39.1 Å². The number of piperidine rings is 1. The molecule has 0 aromatic carbocycles. The number of likely N-dealkylation sites (N-methyl/N-ethyl adjacent to an activating group) is 1. The van der Waals surface area contributed by atoms with Crippen LogP contribution in [0.15, 0.2) is 22.8 Å². The summed E-state index contributed by atoms with van der Waals surface area (Å²) in [5.74, 6) is 0.945. The van der Waals surface area contributed by atoms with E-state index in [2.05, 4.69) is 38.0 Å². The number of nitrogens with zero attached hydrogens (tertiary/aromatic N) is 4. The van der Waals surface area contributed by atoms with Gasteiger partial charge in [0.15, 0.2) is 11.5 Å². The maximum atomic E-state index is 4.60. The van der Waals surface area contributed by atoms with E-state index in [9.17, 15) is 0 Å². The molecular weight excluding hydrogens is 292 g/mol. The Labute approximate surface area is 115 Å². The first-order valence-corrected chi connectivity index (χ1v) is 7.24. The monoisotopic (exact) mass is 308 g/mol. The zero-order valence-corrected chi connectivity index (χ0v) is 12.1. The summed E-state index contributed by atoms with van der Waals surface area (Å²) in [6.07, 6.45) is 4.85. The van der Waals surface area contributed by atoms with Gasteiger partial charge in [-0.05, 0) is 54.5 Å². The topological polar surface area (TPSA) is 33.4 Å². The van der Waals surface area contributed by atoms with Crippen molar-refractivity contribution in [3.05, 3.63) is 28.6 Å². The highest BCUT2D eigenvalue weighted by Gasteiger charge is 2.21. The molecule has 4 nitrogen and oxygen atoms in total. The summed E-state index contributed by atoms with van der Waals surface area (Å²) < 4.78 is 2.81. The smallest absolute Gasteiger partial charge is 0.156 e. The van der Waals surface area contributed by atoms with Gasteiger partial charge in [0.05, 0.1) is 0 Å². The predicted molar refractivity (Wildman–Crippen MR) is 74.7 cm³/mol. The van der Waals surface area contributed by atoms with E-state index < -0.39 is 0 Å². The molecule has 1 fully saturated rings. The van der Waals surface area contributed by atoms with E-state index in [1.807, 2.05) is 22.7 Å². The van der Waals surface area contributed by atoms with Crippen molar-refractivity contribution >= 4 is 21.6 Å². The molecule has 1 aliphatic heterocycles. The molecule has 96 valence electrons. The number of rotatable bonds is 2. The van der Waals surface area contributed by atoms with Gasteiger partial charge in [0, 0.05) is 12.5 Å². The van der Waals surface area contributed by atoms with E-state index in [0.29, 0.717) is 6.04 Å². The lowest BCUT2D eigenvalue weighted by atomic mass is 10.00. The fraction of sp³-hybridized carbons (Fsp3) is 0.538. The summed E-state index contributed by atoms with van der Waals surface area (Å²) in [6.45, 7) is 1.20. The van der Waals surface area contributed by atoms with Crippen LogP contribution in [0.5, 0.6) is 0 Å². The van der Waals surface area contributed by atoms with E-state index in [-0.39, 0.29) is 0 Å². The van der Waals surface area contributed by atoms with Crippen molar-refractivity contribution in [2.75, 3.05) is 13.6 Å². The molecule has 1 aliphatic rings. The highest BCUT2D eigenvalue weighted by molar-refractivity contribution is 9.10. The molecule has 2 aromatic rings. The van der Waals surface area contributed by atoms with Crippen LogP contribution in [-0.2, 0) is 6.42 Å². The molecule has 0 spiro atoms. The minimum Gasteiger partial charge on any atom is -0.303 e. The van der Waals surface area contributed by atoms with E-state index in [1.165, 1.54) is 25.8 Å². The minimum absolute atomic E-state index is 0.593. The summed E-state index contributed by atoms with van der Waals surface area (Å²) in [5, 5.41) is 4.57.